The fourth-order valence-corrected chi connectivity index (χ4v) is 2.97. The molecule has 0 aliphatic heterocycles. The third-order valence-electron chi connectivity index (χ3n) is 2.72. The summed E-state index contributed by atoms with van der Waals surface area (Å²) in [7, 11) is 0. The maximum Gasteiger partial charge on any atom is 0.0838 e. The first-order chi connectivity index (χ1) is 8.19. The molecule has 0 radical (unpaired) electrons. The molecule has 3 heteroatoms. The Balaban J connectivity index is 2.05. The number of aryl methyl sites for hydroxylation is 1. The van der Waals surface area contributed by atoms with Crippen molar-refractivity contribution in [2.75, 3.05) is 0 Å². The summed E-state index contributed by atoms with van der Waals surface area (Å²) in [5.41, 5.74) is 0.972. The molecule has 2 rings (SSSR count). The molecule has 1 aromatic carbocycles. The fourth-order valence-electron chi connectivity index (χ4n) is 1.72. The van der Waals surface area contributed by atoms with Crippen molar-refractivity contribution >= 4 is 27.3 Å². The predicted molar refractivity (Wildman–Crippen MR) is 76.5 cm³/mol. The molecule has 1 heterocycles. The van der Waals surface area contributed by atoms with E-state index in [0.717, 1.165) is 16.5 Å². The van der Waals surface area contributed by atoms with Gasteiger partial charge in [0.15, 0.2) is 0 Å². The Hall–Kier alpha value is -0.640. The fraction of sp³-hybridized carbons (Fsp3) is 0.286. The Morgan fingerprint density at radius 3 is 2.35 bits per heavy atom. The Morgan fingerprint density at radius 1 is 1.12 bits per heavy atom. The van der Waals surface area contributed by atoms with Crippen LogP contribution >= 0.6 is 27.3 Å². The molecule has 17 heavy (non-hydrogen) atoms. The van der Waals surface area contributed by atoms with Crippen molar-refractivity contribution < 1.29 is 5.11 Å². The van der Waals surface area contributed by atoms with Crippen molar-refractivity contribution in [1.29, 1.82) is 0 Å². The largest absolute Gasteiger partial charge is 0.388 e. The van der Waals surface area contributed by atoms with E-state index < -0.39 is 6.10 Å². The van der Waals surface area contributed by atoms with Crippen LogP contribution in [0.5, 0.6) is 0 Å². The van der Waals surface area contributed by atoms with Crippen LogP contribution in [0.1, 0.15) is 28.3 Å². The summed E-state index contributed by atoms with van der Waals surface area (Å²) in [6, 6.07) is 12.1. The van der Waals surface area contributed by atoms with Crippen molar-refractivity contribution in [2.45, 2.75) is 25.9 Å². The molecule has 0 aliphatic rings. The molecular weight excluding hydrogens is 296 g/mol. The van der Waals surface area contributed by atoms with E-state index in [9.17, 15) is 5.11 Å². The zero-order valence-corrected chi connectivity index (χ0v) is 12.1. The van der Waals surface area contributed by atoms with Crippen LogP contribution in [-0.2, 0) is 12.8 Å². The highest BCUT2D eigenvalue weighted by Gasteiger charge is 2.09. The molecule has 1 nitrogen and oxygen atoms in total. The molecule has 0 fully saturated rings. The van der Waals surface area contributed by atoms with Crippen molar-refractivity contribution in [3.63, 3.8) is 0 Å². The molecule has 0 amide bonds. The first-order valence-corrected chi connectivity index (χ1v) is 7.31. The molecular formula is C14H15BrOS. The van der Waals surface area contributed by atoms with Gasteiger partial charge in [-0.2, -0.15) is 0 Å². The summed E-state index contributed by atoms with van der Waals surface area (Å²) in [6.07, 6.45) is 1.36. The first-order valence-electron chi connectivity index (χ1n) is 5.70. The van der Waals surface area contributed by atoms with Crippen LogP contribution in [-0.4, -0.2) is 5.11 Å². The summed E-state index contributed by atoms with van der Waals surface area (Å²) < 4.78 is 1.04. The van der Waals surface area contributed by atoms with Crippen LogP contribution in [0.4, 0.5) is 0 Å². The van der Waals surface area contributed by atoms with Gasteiger partial charge in [0.25, 0.3) is 0 Å². The lowest BCUT2D eigenvalue weighted by molar-refractivity contribution is 0.179. The van der Waals surface area contributed by atoms with Crippen LogP contribution in [0.2, 0.25) is 0 Å². The lowest BCUT2D eigenvalue weighted by atomic mass is 10.1. The van der Waals surface area contributed by atoms with Gasteiger partial charge >= 0.3 is 0 Å². The Kier molecular flexibility index (Phi) is 4.37. The van der Waals surface area contributed by atoms with Gasteiger partial charge in [-0.3, -0.25) is 0 Å². The molecule has 2 aromatic rings. The molecule has 0 aliphatic carbocycles. The van der Waals surface area contributed by atoms with Gasteiger partial charge in [0, 0.05) is 20.6 Å². The monoisotopic (exact) mass is 310 g/mol. The minimum Gasteiger partial charge on any atom is -0.388 e. The van der Waals surface area contributed by atoms with E-state index in [0.29, 0.717) is 6.42 Å². The molecule has 0 saturated carbocycles. The Morgan fingerprint density at radius 2 is 1.76 bits per heavy atom. The molecule has 90 valence electrons. The number of hydrogen-bond donors (Lipinski definition) is 1. The molecule has 1 aromatic heterocycles. The van der Waals surface area contributed by atoms with Crippen LogP contribution in [0, 0.1) is 0 Å². The average molecular weight is 311 g/mol. The highest BCUT2D eigenvalue weighted by Crippen LogP contribution is 2.25. The minimum absolute atomic E-state index is 0.411. The normalized spacial score (nSPS) is 12.6. The Bertz CT molecular complexity index is 475. The summed E-state index contributed by atoms with van der Waals surface area (Å²) in [4.78, 5) is 2.63. The van der Waals surface area contributed by atoms with Gasteiger partial charge in [-0.05, 0) is 36.2 Å². The van der Waals surface area contributed by atoms with E-state index in [1.165, 1.54) is 9.75 Å². The molecule has 0 spiro atoms. The minimum atomic E-state index is -0.411. The summed E-state index contributed by atoms with van der Waals surface area (Å²) in [5.74, 6) is 0. The van der Waals surface area contributed by atoms with Crippen molar-refractivity contribution in [1.82, 2.24) is 0 Å². The van der Waals surface area contributed by atoms with E-state index >= 15 is 0 Å². The van der Waals surface area contributed by atoms with Gasteiger partial charge in [0.2, 0.25) is 0 Å². The number of hydrogen-bond acceptors (Lipinski definition) is 2. The number of aliphatic hydroxyl groups excluding tert-OH is 1. The van der Waals surface area contributed by atoms with Crippen LogP contribution in [0.25, 0.3) is 0 Å². The van der Waals surface area contributed by atoms with Crippen molar-refractivity contribution in [2.24, 2.45) is 0 Å². The second kappa shape index (κ2) is 5.80. The third-order valence-corrected chi connectivity index (χ3v) is 4.50. The zero-order chi connectivity index (χ0) is 12.3. The van der Waals surface area contributed by atoms with Crippen molar-refractivity contribution in [3.05, 3.63) is 56.2 Å². The van der Waals surface area contributed by atoms with E-state index in [4.69, 9.17) is 0 Å². The molecule has 1 unspecified atom stereocenters. The number of benzene rings is 1. The Labute approximate surface area is 114 Å². The quantitative estimate of drug-likeness (QED) is 0.890. The number of rotatable bonds is 4. The van der Waals surface area contributed by atoms with Gasteiger partial charge in [-0.15, -0.1) is 11.3 Å². The molecule has 0 saturated heterocycles. The van der Waals surface area contributed by atoms with Gasteiger partial charge < -0.3 is 5.11 Å². The second-order valence-corrected chi connectivity index (χ2v) is 6.16. The SMILES string of the molecule is CCc1ccc(CC(O)c2ccc(Br)cc2)s1. The van der Waals surface area contributed by atoms with Crippen LogP contribution in [0.15, 0.2) is 40.9 Å². The number of aliphatic hydroxyl groups is 1. The van der Waals surface area contributed by atoms with E-state index in [1.807, 2.05) is 24.3 Å². The predicted octanol–water partition coefficient (Wildman–Crippen LogP) is 4.35. The third kappa shape index (κ3) is 3.41. The van der Waals surface area contributed by atoms with Gasteiger partial charge in [0.1, 0.15) is 0 Å². The van der Waals surface area contributed by atoms with E-state index in [1.54, 1.807) is 11.3 Å². The summed E-state index contributed by atoms with van der Waals surface area (Å²) in [5, 5.41) is 10.1. The summed E-state index contributed by atoms with van der Waals surface area (Å²) in [6.45, 7) is 2.15. The molecule has 0 bridgehead atoms. The van der Waals surface area contributed by atoms with Gasteiger partial charge in [-0.1, -0.05) is 35.0 Å². The molecule has 1 atom stereocenters. The van der Waals surface area contributed by atoms with Crippen LogP contribution < -0.4 is 0 Å². The lowest BCUT2D eigenvalue weighted by Gasteiger charge is -2.09. The highest BCUT2D eigenvalue weighted by atomic mass is 79.9. The van der Waals surface area contributed by atoms with Gasteiger partial charge in [0.05, 0.1) is 6.10 Å². The summed E-state index contributed by atoms with van der Waals surface area (Å²) >= 11 is 5.18. The lowest BCUT2D eigenvalue weighted by Crippen LogP contribution is -1.99. The maximum atomic E-state index is 10.1. The van der Waals surface area contributed by atoms with E-state index in [2.05, 4.69) is 35.0 Å². The highest BCUT2D eigenvalue weighted by molar-refractivity contribution is 9.10. The maximum absolute atomic E-state index is 10.1. The van der Waals surface area contributed by atoms with E-state index in [-0.39, 0.29) is 0 Å². The smallest absolute Gasteiger partial charge is 0.0838 e. The van der Waals surface area contributed by atoms with Crippen molar-refractivity contribution in [3.8, 4) is 0 Å². The topological polar surface area (TPSA) is 20.2 Å². The standard InChI is InChI=1S/C14H15BrOS/c1-2-12-7-8-13(17-12)9-14(16)10-3-5-11(15)6-4-10/h3-8,14,16H,2,9H2,1H3. The second-order valence-electron chi connectivity index (χ2n) is 3.99. The zero-order valence-electron chi connectivity index (χ0n) is 9.69. The molecule has 1 N–H and O–H groups in total. The van der Waals surface area contributed by atoms with Gasteiger partial charge in [-0.25, -0.2) is 0 Å². The number of thiophene rings is 1. The number of halogens is 1. The average Bonchev–Trinajstić information content (AvgIpc) is 2.77. The first kappa shape index (κ1) is 12.8. The van der Waals surface area contributed by atoms with Crippen LogP contribution in [0.3, 0.4) is 0 Å².